The topological polar surface area (TPSA) is 47.7 Å². The molecule has 2 N–H and O–H groups in total. The molecule has 0 aliphatic rings. The van der Waals surface area contributed by atoms with E-state index < -0.39 is 0 Å². The highest BCUT2D eigenvalue weighted by atomic mass is 35.5. The fourth-order valence-electron chi connectivity index (χ4n) is 2.06. The van der Waals surface area contributed by atoms with Crippen LogP contribution in [0.15, 0.2) is 18.2 Å². The van der Waals surface area contributed by atoms with Crippen molar-refractivity contribution in [3.05, 3.63) is 28.8 Å². The second kappa shape index (κ2) is 8.42. The Kier molecular flexibility index (Phi) is 7.23. The number of rotatable bonds is 8. The molecular formula is C14H21ClN2O2S. The normalized spacial score (nSPS) is 12.2. The van der Waals surface area contributed by atoms with Crippen LogP contribution in [-0.2, 0) is 9.47 Å². The van der Waals surface area contributed by atoms with E-state index in [4.69, 9.17) is 39.0 Å². The zero-order valence-electron chi connectivity index (χ0n) is 12.1. The molecule has 0 bridgehead atoms. The minimum atomic E-state index is 0.171. The third kappa shape index (κ3) is 4.59. The van der Waals surface area contributed by atoms with Gasteiger partial charge in [0.05, 0.1) is 13.2 Å². The van der Waals surface area contributed by atoms with E-state index in [9.17, 15) is 0 Å². The van der Waals surface area contributed by atoms with Crippen LogP contribution in [0.3, 0.4) is 0 Å². The summed E-state index contributed by atoms with van der Waals surface area (Å²) in [7, 11) is 3.36. The molecule has 0 saturated carbocycles. The SMILES string of the molecule is COCCN(c1ccc(Cl)cc1C(N)=S)C(C)COC. The molecule has 4 nitrogen and oxygen atoms in total. The molecular weight excluding hydrogens is 296 g/mol. The fraction of sp³-hybridized carbons (Fsp3) is 0.500. The fourth-order valence-corrected chi connectivity index (χ4v) is 2.39. The summed E-state index contributed by atoms with van der Waals surface area (Å²) in [5.41, 5.74) is 7.53. The van der Waals surface area contributed by atoms with Gasteiger partial charge in [0.1, 0.15) is 4.99 Å². The average Bonchev–Trinajstić information content (AvgIpc) is 2.40. The molecule has 0 heterocycles. The lowest BCUT2D eigenvalue weighted by atomic mass is 10.1. The van der Waals surface area contributed by atoms with Crippen molar-refractivity contribution in [1.29, 1.82) is 0 Å². The van der Waals surface area contributed by atoms with E-state index in [1.807, 2.05) is 12.1 Å². The van der Waals surface area contributed by atoms with Gasteiger partial charge in [-0.2, -0.15) is 0 Å². The van der Waals surface area contributed by atoms with Crippen LogP contribution in [0, 0.1) is 0 Å². The lowest BCUT2D eigenvalue weighted by Gasteiger charge is -2.32. The Morgan fingerprint density at radius 1 is 1.40 bits per heavy atom. The summed E-state index contributed by atoms with van der Waals surface area (Å²) < 4.78 is 10.4. The number of nitrogens with zero attached hydrogens (tertiary/aromatic N) is 1. The van der Waals surface area contributed by atoms with Crippen LogP contribution < -0.4 is 10.6 Å². The number of methoxy groups -OCH3 is 2. The molecule has 20 heavy (non-hydrogen) atoms. The molecule has 0 radical (unpaired) electrons. The minimum Gasteiger partial charge on any atom is -0.389 e. The molecule has 1 unspecified atom stereocenters. The number of ether oxygens (including phenoxy) is 2. The van der Waals surface area contributed by atoms with E-state index >= 15 is 0 Å². The molecule has 0 aliphatic carbocycles. The van der Waals surface area contributed by atoms with Gasteiger partial charge in [-0.15, -0.1) is 0 Å². The number of anilines is 1. The van der Waals surface area contributed by atoms with Gasteiger partial charge in [-0.05, 0) is 25.1 Å². The third-order valence-corrected chi connectivity index (χ3v) is 3.46. The number of halogens is 1. The van der Waals surface area contributed by atoms with Crippen molar-refractivity contribution in [2.45, 2.75) is 13.0 Å². The van der Waals surface area contributed by atoms with E-state index in [-0.39, 0.29) is 6.04 Å². The molecule has 0 aliphatic heterocycles. The Morgan fingerprint density at radius 2 is 2.10 bits per heavy atom. The highest BCUT2D eigenvalue weighted by molar-refractivity contribution is 7.80. The number of nitrogens with two attached hydrogens (primary N) is 1. The van der Waals surface area contributed by atoms with Crippen LogP contribution in [0.5, 0.6) is 0 Å². The molecule has 0 fully saturated rings. The van der Waals surface area contributed by atoms with Crippen molar-refractivity contribution in [3.8, 4) is 0 Å². The van der Waals surface area contributed by atoms with E-state index in [2.05, 4.69) is 11.8 Å². The number of thiocarbonyl (C=S) groups is 1. The predicted molar refractivity (Wildman–Crippen MR) is 87.9 cm³/mol. The molecule has 1 aromatic carbocycles. The maximum atomic E-state index is 6.03. The summed E-state index contributed by atoms with van der Waals surface area (Å²) in [4.78, 5) is 2.49. The lowest BCUT2D eigenvalue weighted by molar-refractivity contribution is 0.171. The van der Waals surface area contributed by atoms with Crippen molar-refractivity contribution < 1.29 is 9.47 Å². The molecule has 0 aromatic heterocycles. The smallest absolute Gasteiger partial charge is 0.106 e. The van der Waals surface area contributed by atoms with Gasteiger partial charge in [0.2, 0.25) is 0 Å². The first kappa shape index (κ1) is 17.2. The quantitative estimate of drug-likeness (QED) is 0.747. The Bertz CT molecular complexity index is 457. The molecule has 1 rings (SSSR count). The molecule has 112 valence electrons. The van der Waals surface area contributed by atoms with Crippen LogP contribution in [0.1, 0.15) is 12.5 Å². The van der Waals surface area contributed by atoms with Crippen LogP contribution in [0.25, 0.3) is 0 Å². The Hall–Kier alpha value is -0.880. The Morgan fingerprint density at radius 3 is 2.65 bits per heavy atom. The standard InChI is InChI=1S/C14H21ClN2O2S/c1-10(9-19-3)17(6-7-18-2)13-5-4-11(15)8-12(13)14(16)20/h4-5,8,10H,6-7,9H2,1-3H3,(H2,16,20). The average molecular weight is 317 g/mol. The zero-order valence-corrected chi connectivity index (χ0v) is 13.6. The summed E-state index contributed by atoms with van der Waals surface area (Å²) in [5, 5.41) is 0.614. The van der Waals surface area contributed by atoms with E-state index in [0.717, 1.165) is 17.8 Å². The van der Waals surface area contributed by atoms with E-state index in [0.29, 0.717) is 23.2 Å². The Labute approximate surface area is 130 Å². The summed E-state index contributed by atoms with van der Waals surface area (Å²) in [6.07, 6.45) is 0. The maximum absolute atomic E-state index is 6.03. The summed E-state index contributed by atoms with van der Waals surface area (Å²) in [5.74, 6) is 0. The van der Waals surface area contributed by atoms with Crippen molar-refractivity contribution >= 4 is 34.5 Å². The lowest BCUT2D eigenvalue weighted by Crippen LogP contribution is -2.39. The van der Waals surface area contributed by atoms with Gasteiger partial charge in [0.25, 0.3) is 0 Å². The van der Waals surface area contributed by atoms with Crippen molar-refractivity contribution in [2.75, 3.05) is 38.9 Å². The summed E-state index contributed by atoms with van der Waals surface area (Å²) >= 11 is 11.1. The Balaban J connectivity index is 3.14. The van der Waals surface area contributed by atoms with Crippen molar-refractivity contribution in [1.82, 2.24) is 0 Å². The minimum absolute atomic E-state index is 0.171. The van der Waals surface area contributed by atoms with Crippen LogP contribution >= 0.6 is 23.8 Å². The molecule has 1 aromatic rings. The number of benzene rings is 1. The maximum Gasteiger partial charge on any atom is 0.106 e. The van der Waals surface area contributed by atoms with Gasteiger partial charge in [-0.1, -0.05) is 23.8 Å². The van der Waals surface area contributed by atoms with Gasteiger partial charge < -0.3 is 20.1 Å². The highest BCUT2D eigenvalue weighted by Crippen LogP contribution is 2.26. The number of hydrogen-bond donors (Lipinski definition) is 1. The zero-order chi connectivity index (χ0) is 15.1. The highest BCUT2D eigenvalue weighted by Gasteiger charge is 2.18. The second-order valence-corrected chi connectivity index (χ2v) is 5.39. The molecule has 6 heteroatoms. The first-order valence-electron chi connectivity index (χ1n) is 6.35. The molecule has 0 saturated heterocycles. The van der Waals surface area contributed by atoms with Crippen molar-refractivity contribution in [3.63, 3.8) is 0 Å². The van der Waals surface area contributed by atoms with Gasteiger partial charge in [0.15, 0.2) is 0 Å². The number of hydrogen-bond acceptors (Lipinski definition) is 4. The predicted octanol–water partition coefficient (Wildman–Crippen LogP) is 2.46. The van der Waals surface area contributed by atoms with E-state index in [1.165, 1.54) is 0 Å². The summed E-state index contributed by atoms with van der Waals surface area (Å²) in [6.45, 7) is 4.01. The van der Waals surface area contributed by atoms with E-state index in [1.54, 1.807) is 20.3 Å². The molecule has 0 amide bonds. The van der Waals surface area contributed by atoms with Gasteiger partial charge >= 0.3 is 0 Å². The monoisotopic (exact) mass is 316 g/mol. The first-order valence-corrected chi connectivity index (χ1v) is 7.13. The van der Waals surface area contributed by atoms with Gasteiger partial charge in [0, 0.05) is 43.1 Å². The van der Waals surface area contributed by atoms with Gasteiger partial charge in [-0.25, -0.2) is 0 Å². The van der Waals surface area contributed by atoms with Crippen LogP contribution in [0.2, 0.25) is 5.02 Å². The van der Waals surface area contributed by atoms with Crippen LogP contribution in [0.4, 0.5) is 5.69 Å². The third-order valence-electron chi connectivity index (χ3n) is 3.01. The second-order valence-electron chi connectivity index (χ2n) is 4.52. The van der Waals surface area contributed by atoms with Gasteiger partial charge in [-0.3, -0.25) is 0 Å². The molecule has 0 spiro atoms. The largest absolute Gasteiger partial charge is 0.389 e. The first-order chi connectivity index (χ1) is 9.51. The summed E-state index contributed by atoms with van der Waals surface area (Å²) in [6, 6.07) is 5.72. The van der Waals surface area contributed by atoms with Crippen LogP contribution in [-0.4, -0.2) is 45.0 Å². The van der Waals surface area contributed by atoms with Crippen molar-refractivity contribution in [2.24, 2.45) is 5.73 Å². The molecule has 1 atom stereocenters.